The summed E-state index contributed by atoms with van der Waals surface area (Å²) in [5, 5.41) is 7.06. The summed E-state index contributed by atoms with van der Waals surface area (Å²) < 4.78 is 0. The standard InChI is InChI=1S/C17H29N3/c1-4-20(5-2)11-10-18-9-8-15-6-7-17-16(13-15)12-14(3)19-17/h6-7,13-14,18-19H,4-5,8-12H2,1-3H3. The topological polar surface area (TPSA) is 27.3 Å². The third-order valence-corrected chi connectivity index (χ3v) is 4.19. The number of likely N-dealkylation sites (N-methyl/N-ethyl adjacent to an activating group) is 1. The summed E-state index contributed by atoms with van der Waals surface area (Å²) in [5.41, 5.74) is 4.27. The Kier molecular flexibility index (Phi) is 5.86. The van der Waals surface area contributed by atoms with Gasteiger partial charge < -0.3 is 15.5 Å². The summed E-state index contributed by atoms with van der Waals surface area (Å²) in [7, 11) is 0. The van der Waals surface area contributed by atoms with Crippen LogP contribution in [0.3, 0.4) is 0 Å². The summed E-state index contributed by atoms with van der Waals surface area (Å²) in [6.07, 6.45) is 2.29. The van der Waals surface area contributed by atoms with E-state index in [9.17, 15) is 0 Å². The molecule has 1 atom stereocenters. The van der Waals surface area contributed by atoms with E-state index in [4.69, 9.17) is 0 Å². The molecule has 0 aromatic heterocycles. The minimum Gasteiger partial charge on any atom is -0.382 e. The molecule has 0 saturated carbocycles. The van der Waals surface area contributed by atoms with Gasteiger partial charge in [0.25, 0.3) is 0 Å². The van der Waals surface area contributed by atoms with Gasteiger partial charge in [0.05, 0.1) is 0 Å². The Balaban J connectivity index is 1.69. The van der Waals surface area contributed by atoms with Crippen molar-refractivity contribution in [3.63, 3.8) is 0 Å². The number of hydrogen-bond donors (Lipinski definition) is 2. The van der Waals surface area contributed by atoms with E-state index in [2.05, 4.69) is 54.5 Å². The van der Waals surface area contributed by atoms with Crippen molar-refractivity contribution in [2.45, 2.75) is 39.7 Å². The minimum atomic E-state index is 0.590. The highest BCUT2D eigenvalue weighted by molar-refractivity contribution is 5.57. The number of anilines is 1. The number of fused-ring (bicyclic) bond motifs is 1. The predicted molar refractivity (Wildman–Crippen MR) is 87.6 cm³/mol. The highest BCUT2D eigenvalue weighted by atomic mass is 15.1. The molecule has 1 aromatic rings. The van der Waals surface area contributed by atoms with E-state index in [1.54, 1.807) is 0 Å². The molecule has 3 nitrogen and oxygen atoms in total. The van der Waals surface area contributed by atoms with Crippen LogP contribution < -0.4 is 10.6 Å². The summed E-state index contributed by atoms with van der Waals surface area (Å²) in [5.74, 6) is 0. The molecule has 1 unspecified atom stereocenters. The van der Waals surface area contributed by atoms with Crippen LogP contribution in [0, 0.1) is 0 Å². The first-order valence-electron chi connectivity index (χ1n) is 8.04. The van der Waals surface area contributed by atoms with Crippen LogP contribution in [0.1, 0.15) is 31.9 Å². The molecule has 1 aliphatic heterocycles. The average molecular weight is 275 g/mol. The van der Waals surface area contributed by atoms with Gasteiger partial charge in [-0.3, -0.25) is 0 Å². The Labute approximate surface area is 123 Å². The molecule has 112 valence electrons. The molecule has 0 amide bonds. The van der Waals surface area contributed by atoms with E-state index >= 15 is 0 Å². The van der Waals surface area contributed by atoms with Gasteiger partial charge >= 0.3 is 0 Å². The molecule has 0 radical (unpaired) electrons. The van der Waals surface area contributed by atoms with Crippen molar-refractivity contribution in [1.29, 1.82) is 0 Å². The fourth-order valence-corrected chi connectivity index (χ4v) is 2.89. The molecule has 0 bridgehead atoms. The molecule has 3 heteroatoms. The molecule has 0 spiro atoms. The van der Waals surface area contributed by atoms with Crippen LogP contribution in [0.25, 0.3) is 0 Å². The Morgan fingerprint density at radius 2 is 2.05 bits per heavy atom. The SMILES string of the molecule is CCN(CC)CCNCCc1ccc2c(c1)CC(C)N2. The number of nitrogens with zero attached hydrogens (tertiary/aromatic N) is 1. The van der Waals surface area contributed by atoms with Crippen molar-refractivity contribution in [2.75, 3.05) is 38.0 Å². The molecule has 20 heavy (non-hydrogen) atoms. The lowest BCUT2D eigenvalue weighted by Crippen LogP contribution is -2.32. The van der Waals surface area contributed by atoms with Crippen LogP contribution in [-0.2, 0) is 12.8 Å². The first-order valence-corrected chi connectivity index (χ1v) is 8.04. The van der Waals surface area contributed by atoms with Gasteiger partial charge in [0, 0.05) is 24.8 Å². The van der Waals surface area contributed by atoms with Crippen molar-refractivity contribution >= 4 is 5.69 Å². The van der Waals surface area contributed by atoms with E-state index in [-0.39, 0.29) is 0 Å². The molecule has 1 heterocycles. The normalized spacial score (nSPS) is 17.3. The number of nitrogens with one attached hydrogen (secondary N) is 2. The maximum Gasteiger partial charge on any atom is 0.0375 e. The lowest BCUT2D eigenvalue weighted by molar-refractivity contribution is 0.303. The molecule has 0 saturated heterocycles. The highest BCUT2D eigenvalue weighted by Gasteiger charge is 2.16. The van der Waals surface area contributed by atoms with Crippen LogP contribution in [-0.4, -0.2) is 43.7 Å². The quantitative estimate of drug-likeness (QED) is 0.714. The van der Waals surface area contributed by atoms with Gasteiger partial charge in [-0.2, -0.15) is 0 Å². The highest BCUT2D eigenvalue weighted by Crippen LogP contribution is 2.26. The third kappa shape index (κ3) is 4.22. The van der Waals surface area contributed by atoms with E-state index < -0.39 is 0 Å². The average Bonchev–Trinajstić information content (AvgIpc) is 2.82. The zero-order valence-electron chi connectivity index (χ0n) is 13.2. The maximum absolute atomic E-state index is 3.55. The van der Waals surface area contributed by atoms with Gasteiger partial charge in [-0.15, -0.1) is 0 Å². The number of benzene rings is 1. The van der Waals surface area contributed by atoms with Crippen molar-refractivity contribution in [1.82, 2.24) is 10.2 Å². The number of hydrogen-bond acceptors (Lipinski definition) is 3. The Morgan fingerprint density at radius 1 is 1.25 bits per heavy atom. The summed E-state index contributed by atoms with van der Waals surface area (Å²) >= 11 is 0. The van der Waals surface area contributed by atoms with Gasteiger partial charge in [0.2, 0.25) is 0 Å². The van der Waals surface area contributed by atoms with Crippen molar-refractivity contribution in [3.05, 3.63) is 29.3 Å². The minimum absolute atomic E-state index is 0.590. The van der Waals surface area contributed by atoms with Crippen molar-refractivity contribution in [2.24, 2.45) is 0 Å². The maximum atomic E-state index is 3.55. The van der Waals surface area contributed by atoms with E-state index in [1.807, 2.05) is 0 Å². The van der Waals surface area contributed by atoms with E-state index in [0.717, 1.165) is 39.1 Å². The largest absolute Gasteiger partial charge is 0.382 e. The zero-order valence-corrected chi connectivity index (χ0v) is 13.2. The van der Waals surface area contributed by atoms with Gasteiger partial charge in [-0.1, -0.05) is 26.0 Å². The molecular formula is C17H29N3. The van der Waals surface area contributed by atoms with Crippen molar-refractivity contribution in [3.8, 4) is 0 Å². The number of rotatable bonds is 8. The molecule has 1 aliphatic rings. The van der Waals surface area contributed by atoms with Gasteiger partial charge in [-0.05, 0) is 56.6 Å². The fourth-order valence-electron chi connectivity index (χ4n) is 2.89. The third-order valence-electron chi connectivity index (χ3n) is 4.19. The lowest BCUT2D eigenvalue weighted by Gasteiger charge is -2.18. The Morgan fingerprint density at radius 3 is 2.80 bits per heavy atom. The molecule has 1 aromatic carbocycles. The van der Waals surface area contributed by atoms with Crippen LogP contribution in [0.5, 0.6) is 0 Å². The monoisotopic (exact) mass is 275 g/mol. The second-order valence-corrected chi connectivity index (χ2v) is 5.77. The predicted octanol–water partition coefficient (Wildman–Crippen LogP) is 2.52. The van der Waals surface area contributed by atoms with Crippen LogP contribution in [0.15, 0.2) is 18.2 Å². The fraction of sp³-hybridized carbons (Fsp3) is 0.647. The van der Waals surface area contributed by atoms with Crippen molar-refractivity contribution < 1.29 is 0 Å². The van der Waals surface area contributed by atoms with Crippen LogP contribution >= 0.6 is 0 Å². The van der Waals surface area contributed by atoms with Gasteiger partial charge in [-0.25, -0.2) is 0 Å². The van der Waals surface area contributed by atoms with E-state index in [0.29, 0.717) is 6.04 Å². The molecule has 2 rings (SSSR count). The first-order chi connectivity index (χ1) is 9.72. The first kappa shape index (κ1) is 15.3. The molecular weight excluding hydrogens is 246 g/mol. The Hall–Kier alpha value is -1.06. The second kappa shape index (κ2) is 7.65. The summed E-state index contributed by atoms with van der Waals surface area (Å²) in [6, 6.07) is 7.46. The van der Waals surface area contributed by atoms with Crippen LogP contribution in [0.2, 0.25) is 0 Å². The summed E-state index contributed by atoms with van der Waals surface area (Å²) in [6.45, 7) is 12.3. The summed E-state index contributed by atoms with van der Waals surface area (Å²) in [4.78, 5) is 2.45. The zero-order chi connectivity index (χ0) is 14.4. The smallest absolute Gasteiger partial charge is 0.0375 e. The molecule has 2 N–H and O–H groups in total. The van der Waals surface area contributed by atoms with E-state index in [1.165, 1.54) is 23.2 Å². The molecule has 0 aliphatic carbocycles. The Bertz CT molecular complexity index is 413. The lowest BCUT2D eigenvalue weighted by atomic mass is 10.0. The van der Waals surface area contributed by atoms with Gasteiger partial charge in [0.1, 0.15) is 0 Å². The van der Waals surface area contributed by atoms with Crippen LogP contribution in [0.4, 0.5) is 5.69 Å². The molecule has 0 fully saturated rings. The second-order valence-electron chi connectivity index (χ2n) is 5.77. The van der Waals surface area contributed by atoms with Gasteiger partial charge in [0.15, 0.2) is 0 Å².